The molecule has 8 heteroatoms. The number of pyridine rings is 1. The van der Waals surface area contributed by atoms with Crippen LogP contribution in [0.2, 0.25) is 0 Å². The molecular formula is C19H22FN3O4. The largest absolute Gasteiger partial charge is 0.487 e. The number of nitrogens with two attached hydrogens (primary N) is 1. The van der Waals surface area contributed by atoms with Crippen LogP contribution in [-0.4, -0.2) is 41.4 Å². The van der Waals surface area contributed by atoms with E-state index < -0.39 is 17.3 Å². The molecule has 0 radical (unpaired) electrons. The highest BCUT2D eigenvalue weighted by atomic mass is 19.1. The van der Waals surface area contributed by atoms with E-state index >= 15 is 4.39 Å². The summed E-state index contributed by atoms with van der Waals surface area (Å²) < 4.78 is 22.3. The fraction of sp³-hybridized carbons (Fsp3) is 0.474. The number of hydrogen-bond acceptors (Lipinski definition) is 5. The zero-order valence-corrected chi connectivity index (χ0v) is 15.2. The molecule has 1 aromatic carbocycles. The number of anilines is 1. The second-order valence-electron chi connectivity index (χ2n) is 7.53. The highest BCUT2D eigenvalue weighted by Crippen LogP contribution is 2.43. The maximum atomic E-state index is 15.0. The van der Waals surface area contributed by atoms with Crippen molar-refractivity contribution >= 4 is 22.6 Å². The molecule has 2 aliphatic heterocycles. The molecule has 2 aromatic rings. The molecule has 2 aliphatic rings. The Morgan fingerprint density at radius 3 is 2.81 bits per heavy atom. The van der Waals surface area contributed by atoms with E-state index in [9.17, 15) is 14.7 Å². The van der Waals surface area contributed by atoms with Crippen molar-refractivity contribution < 1.29 is 19.0 Å². The standard InChI is InChI=1S/C19H22FN3O4/c1-9-8-27-17-15-12(5-13(19(25)26)18(24)23(9)15)6-14(20)16(17)22-4-3-11(7-22)10(2)21/h5-6,9-11H,3-4,7-8,21H2,1-2H3,(H,25,26)/t9-,10-,11+/m0/s1. The number of ether oxygens (including phenoxy) is 1. The highest BCUT2D eigenvalue weighted by molar-refractivity contribution is 5.97. The Kier molecular flexibility index (Phi) is 4.10. The minimum Gasteiger partial charge on any atom is -0.487 e. The van der Waals surface area contributed by atoms with Crippen LogP contribution in [0.1, 0.15) is 36.7 Å². The third kappa shape index (κ3) is 2.66. The fourth-order valence-electron chi connectivity index (χ4n) is 4.14. The molecule has 1 fully saturated rings. The number of carboxylic acid groups (broad SMARTS) is 1. The molecule has 4 rings (SSSR count). The summed E-state index contributed by atoms with van der Waals surface area (Å²) in [5.41, 5.74) is 5.81. The molecule has 1 aromatic heterocycles. The van der Waals surface area contributed by atoms with Crippen LogP contribution in [0.25, 0.3) is 10.9 Å². The molecule has 7 nitrogen and oxygen atoms in total. The molecule has 0 spiro atoms. The van der Waals surface area contributed by atoms with Crippen LogP contribution < -0.4 is 20.9 Å². The number of rotatable bonds is 3. The van der Waals surface area contributed by atoms with E-state index in [0.717, 1.165) is 6.42 Å². The Morgan fingerprint density at radius 1 is 1.44 bits per heavy atom. The quantitative estimate of drug-likeness (QED) is 0.851. The molecule has 3 atom stereocenters. The molecule has 0 amide bonds. The third-order valence-electron chi connectivity index (χ3n) is 5.63. The first-order chi connectivity index (χ1) is 12.8. The van der Waals surface area contributed by atoms with Gasteiger partial charge in [-0.15, -0.1) is 0 Å². The first-order valence-electron chi connectivity index (χ1n) is 9.08. The van der Waals surface area contributed by atoms with Crippen LogP contribution in [0.5, 0.6) is 5.75 Å². The van der Waals surface area contributed by atoms with E-state index in [0.29, 0.717) is 35.4 Å². The van der Waals surface area contributed by atoms with Gasteiger partial charge in [0.25, 0.3) is 5.56 Å². The molecule has 3 N–H and O–H groups in total. The highest BCUT2D eigenvalue weighted by Gasteiger charge is 2.33. The lowest BCUT2D eigenvalue weighted by atomic mass is 10.0. The molecular weight excluding hydrogens is 353 g/mol. The van der Waals surface area contributed by atoms with Gasteiger partial charge in [0.1, 0.15) is 17.9 Å². The predicted octanol–water partition coefficient (Wildman–Crippen LogP) is 1.97. The second-order valence-corrected chi connectivity index (χ2v) is 7.53. The average molecular weight is 375 g/mol. The van der Waals surface area contributed by atoms with Crippen LogP contribution in [0.4, 0.5) is 10.1 Å². The molecule has 144 valence electrons. The number of benzene rings is 1. The van der Waals surface area contributed by atoms with Crippen LogP contribution >= 0.6 is 0 Å². The second kappa shape index (κ2) is 6.23. The van der Waals surface area contributed by atoms with E-state index in [1.165, 1.54) is 16.7 Å². The van der Waals surface area contributed by atoms with Gasteiger partial charge in [-0.2, -0.15) is 0 Å². The van der Waals surface area contributed by atoms with Crippen molar-refractivity contribution in [3.05, 3.63) is 33.9 Å². The number of aromatic carboxylic acids is 1. The lowest BCUT2D eigenvalue weighted by Gasteiger charge is -2.31. The minimum atomic E-state index is -1.32. The molecule has 0 aliphatic carbocycles. The number of carbonyl (C=O) groups is 1. The van der Waals surface area contributed by atoms with Gasteiger partial charge in [0, 0.05) is 24.5 Å². The number of halogens is 1. The van der Waals surface area contributed by atoms with Crippen LogP contribution in [0.3, 0.4) is 0 Å². The topological polar surface area (TPSA) is 97.8 Å². The monoisotopic (exact) mass is 375 g/mol. The Hall–Kier alpha value is -2.61. The Bertz CT molecular complexity index is 1000. The van der Waals surface area contributed by atoms with E-state index in [4.69, 9.17) is 10.5 Å². The molecule has 0 saturated carbocycles. The van der Waals surface area contributed by atoms with E-state index in [1.807, 2.05) is 11.8 Å². The van der Waals surface area contributed by atoms with E-state index in [-0.39, 0.29) is 30.2 Å². The predicted molar refractivity (Wildman–Crippen MR) is 99.3 cm³/mol. The third-order valence-corrected chi connectivity index (χ3v) is 5.63. The first kappa shape index (κ1) is 17.8. The van der Waals surface area contributed by atoms with Gasteiger partial charge in [-0.05, 0) is 38.3 Å². The number of carboxylic acids is 1. The summed E-state index contributed by atoms with van der Waals surface area (Å²) in [7, 11) is 0. The van der Waals surface area contributed by atoms with Crippen molar-refractivity contribution in [3.8, 4) is 5.75 Å². The zero-order valence-electron chi connectivity index (χ0n) is 15.2. The summed E-state index contributed by atoms with van der Waals surface area (Å²) >= 11 is 0. The van der Waals surface area contributed by atoms with Gasteiger partial charge in [0.2, 0.25) is 0 Å². The van der Waals surface area contributed by atoms with Gasteiger partial charge in [-0.3, -0.25) is 9.36 Å². The van der Waals surface area contributed by atoms with Crippen LogP contribution in [0, 0.1) is 11.7 Å². The Morgan fingerprint density at radius 2 is 2.19 bits per heavy atom. The van der Waals surface area contributed by atoms with Gasteiger partial charge in [-0.25, -0.2) is 9.18 Å². The zero-order chi connectivity index (χ0) is 19.5. The summed E-state index contributed by atoms with van der Waals surface area (Å²) in [6.07, 6.45) is 0.857. The first-order valence-corrected chi connectivity index (χ1v) is 9.08. The SMILES string of the molecule is C[C@H](N)[C@@H]1CCN(c2c(F)cc3cc(C(=O)O)c(=O)n4c3c2OC[C@@H]4C)C1. The number of aromatic nitrogens is 1. The van der Waals surface area contributed by atoms with Gasteiger partial charge < -0.3 is 20.5 Å². The molecule has 1 saturated heterocycles. The number of hydrogen-bond donors (Lipinski definition) is 2. The lowest BCUT2D eigenvalue weighted by Crippen LogP contribution is -2.35. The van der Waals surface area contributed by atoms with Crippen molar-refractivity contribution in [2.45, 2.75) is 32.4 Å². The Balaban J connectivity index is 1.97. The minimum absolute atomic E-state index is 0.00659. The van der Waals surface area contributed by atoms with Gasteiger partial charge in [-0.1, -0.05) is 0 Å². The summed E-state index contributed by atoms with van der Waals surface area (Å²) in [5.74, 6) is -1.25. The smallest absolute Gasteiger partial charge is 0.341 e. The van der Waals surface area contributed by atoms with Gasteiger partial charge in [0.15, 0.2) is 11.6 Å². The molecule has 0 unspecified atom stereocenters. The lowest BCUT2D eigenvalue weighted by molar-refractivity contribution is 0.0694. The van der Waals surface area contributed by atoms with Crippen molar-refractivity contribution in [2.24, 2.45) is 11.7 Å². The average Bonchev–Trinajstić information content (AvgIpc) is 3.08. The van der Waals surface area contributed by atoms with Gasteiger partial charge >= 0.3 is 5.97 Å². The van der Waals surface area contributed by atoms with Crippen molar-refractivity contribution in [1.82, 2.24) is 4.57 Å². The molecule has 0 bridgehead atoms. The van der Waals surface area contributed by atoms with Gasteiger partial charge in [0.05, 0.1) is 11.6 Å². The van der Waals surface area contributed by atoms with Crippen LogP contribution in [-0.2, 0) is 0 Å². The fourth-order valence-corrected chi connectivity index (χ4v) is 4.14. The summed E-state index contributed by atoms with van der Waals surface area (Å²) in [5, 5.41) is 9.68. The number of nitrogens with zero attached hydrogens (tertiary/aromatic N) is 2. The normalized spacial score (nSPS) is 22.7. The molecule has 3 heterocycles. The Labute approximate surface area is 155 Å². The molecule has 27 heavy (non-hydrogen) atoms. The summed E-state index contributed by atoms with van der Waals surface area (Å²) in [6, 6.07) is 2.17. The maximum absolute atomic E-state index is 15.0. The van der Waals surface area contributed by atoms with Crippen LogP contribution in [0.15, 0.2) is 16.9 Å². The van der Waals surface area contributed by atoms with Crippen molar-refractivity contribution in [2.75, 3.05) is 24.6 Å². The summed E-state index contributed by atoms with van der Waals surface area (Å²) in [4.78, 5) is 26.1. The van der Waals surface area contributed by atoms with Crippen molar-refractivity contribution in [3.63, 3.8) is 0 Å². The van der Waals surface area contributed by atoms with Crippen molar-refractivity contribution in [1.29, 1.82) is 0 Å². The maximum Gasteiger partial charge on any atom is 0.341 e. The summed E-state index contributed by atoms with van der Waals surface area (Å²) in [6.45, 7) is 5.16. The van der Waals surface area contributed by atoms with E-state index in [1.54, 1.807) is 6.92 Å². The van der Waals surface area contributed by atoms with E-state index in [2.05, 4.69) is 0 Å².